The van der Waals surface area contributed by atoms with Crippen LogP contribution in [-0.4, -0.2) is 59.0 Å². The Balaban J connectivity index is 1.88. The molecule has 1 unspecified atom stereocenters. The number of hydrogen-bond acceptors (Lipinski definition) is 4. The van der Waals surface area contributed by atoms with Crippen molar-refractivity contribution in [3.8, 4) is 0 Å². The fourth-order valence-corrected chi connectivity index (χ4v) is 2.07. The van der Waals surface area contributed by atoms with Crippen LogP contribution in [0.15, 0.2) is 6.07 Å². The van der Waals surface area contributed by atoms with Gasteiger partial charge in [-0.25, -0.2) is 0 Å². The second kappa shape index (κ2) is 5.71. The fourth-order valence-electron chi connectivity index (χ4n) is 2.07. The van der Waals surface area contributed by atoms with E-state index in [2.05, 4.69) is 10.4 Å². The predicted molar refractivity (Wildman–Crippen MR) is 72.1 cm³/mol. The molecule has 1 aromatic heterocycles. The van der Waals surface area contributed by atoms with Crippen LogP contribution < -0.4 is 5.32 Å². The molecule has 106 valence electrons. The number of aliphatic hydroxyl groups excluding tert-OH is 1. The van der Waals surface area contributed by atoms with Crippen molar-refractivity contribution < 1.29 is 9.90 Å². The van der Waals surface area contributed by atoms with Crippen molar-refractivity contribution in [1.29, 1.82) is 0 Å². The standard InChI is InChI=1S/C13H22N4O2/c1-16(2)8-10(18)7-14-13(19)12-6-11(9-4-5-9)15-17(12)3/h6,9-10,18H,4-5,7-8H2,1-3H3,(H,14,19). The highest BCUT2D eigenvalue weighted by Crippen LogP contribution is 2.39. The smallest absolute Gasteiger partial charge is 0.269 e. The lowest BCUT2D eigenvalue weighted by Crippen LogP contribution is -2.38. The second-order valence-electron chi connectivity index (χ2n) is 5.48. The average Bonchev–Trinajstić information content (AvgIpc) is 3.09. The van der Waals surface area contributed by atoms with E-state index in [1.165, 1.54) is 12.8 Å². The van der Waals surface area contributed by atoms with Crippen molar-refractivity contribution >= 4 is 5.91 Å². The van der Waals surface area contributed by atoms with Crippen LogP contribution >= 0.6 is 0 Å². The Labute approximate surface area is 113 Å². The zero-order chi connectivity index (χ0) is 14.0. The van der Waals surface area contributed by atoms with E-state index >= 15 is 0 Å². The summed E-state index contributed by atoms with van der Waals surface area (Å²) in [6.07, 6.45) is 1.77. The van der Waals surface area contributed by atoms with Gasteiger partial charge in [0.05, 0.1) is 11.8 Å². The molecule has 1 heterocycles. The van der Waals surface area contributed by atoms with Crippen molar-refractivity contribution in [2.45, 2.75) is 24.9 Å². The molecule has 0 radical (unpaired) electrons. The average molecular weight is 266 g/mol. The first-order valence-corrected chi connectivity index (χ1v) is 6.62. The van der Waals surface area contributed by atoms with Gasteiger partial charge < -0.3 is 15.3 Å². The van der Waals surface area contributed by atoms with Gasteiger partial charge in [-0.1, -0.05) is 0 Å². The van der Waals surface area contributed by atoms with Crippen molar-refractivity contribution in [2.24, 2.45) is 7.05 Å². The lowest BCUT2D eigenvalue weighted by atomic mass is 10.2. The van der Waals surface area contributed by atoms with Gasteiger partial charge >= 0.3 is 0 Å². The Morgan fingerprint density at radius 3 is 2.89 bits per heavy atom. The number of aryl methyl sites for hydroxylation is 1. The number of amides is 1. The first-order valence-electron chi connectivity index (χ1n) is 6.62. The summed E-state index contributed by atoms with van der Waals surface area (Å²) in [6, 6.07) is 1.85. The maximum Gasteiger partial charge on any atom is 0.269 e. The maximum absolute atomic E-state index is 12.0. The molecule has 1 fully saturated rings. The predicted octanol–water partition coefficient (Wildman–Crippen LogP) is -0.0502. The van der Waals surface area contributed by atoms with Gasteiger partial charge in [0.2, 0.25) is 0 Å². The van der Waals surface area contributed by atoms with Crippen LogP contribution in [0, 0.1) is 0 Å². The maximum atomic E-state index is 12.0. The highest BCUT2D eigenvalue weighted by molar-refractivity contribution is 5.92. The van der Waals surface area contributed by atoms with Crippen LogP contribution in [-0.2, 0) is 7.05 Å². The molecule has 1 atom stereocenters. The first kappa shape index (κ1) is 14.0. The minimum atomic E-state index is -0.560. The molecule has 0 aromatic carbocycles. The highest BCUT2D eigenvalue weighted by Gasteiger charge is 2.28. The summed E-state index contributed by atoms with van der Waals surface area (Å²) in [6.45, 7) is 0.778. The number of carbonyl (C=O) groups is 1. The summed E-state index contributed by atoms with van der Waals surface area (Å²) in [5.74, 6) is 0.354. The molecular formula is C13H22N4O2. The number of rotatable bonds is 6. The van der Waals surface area contributed by atoms with Gasteiger partial charge in [0.25, 0.3) is 5.91 Å². The molecule has 1 aliphatic rings. The zero-order valence-corrected chi connectivity index (χ0v) is 11.8. The molecule has 6 nitrogen and oxygen atoms in total. The lowest BCUT2D eigenvalue weighted by molar-refractivity contribution is 0.0883. The van der Waals surface area contributed by atoms with Gasteiger partial charge in [-0.15, -0.1) is 0 Å². The number of likely N-dealkylation sites (N-methyl/N-ethyl adjacent to an activating group) is 1. The molecule has 1 aliphatic carbocycles. The van der Waals surface area contributed by atoms with Crippen molar-refractivity contribution in [1.82, 2.24) is 20.0 Å². The molecular weight excluding hydrogens is 244 g/mol. The van der Waals surface area contributed by atoms with Gasteiger partial charge in [0.1, 0.15) is 5.69 Å². The number of nitrogens with zero attached hydrogens (tertiary/aromatic N) is 3. The molecule has 1 saturated carbocycles. The number of aliphatic hydroxyl groups is 1. The summed E-state index contributed by atoms with van der Waals surface area (Å²) < 4.78 is 1.61. The highest BCUT2D eigenvalue weighted by atomic mass is 16.3. The van der Waals surface area contributed by atoms with E-state index in [1.807, 2.05) is 25.1 Å². The van der Waals surface area contributed by atoms with Gasteiger partial charge in [0.15, 0.2) is 0 Å². The molecule has 2 N–H and O–H groups in total. The third-order valence-corrected chi connectivity index (χ3v) is 3.20. The SMILES string of the molecule is CN(C)CC(O)CNC(=O)c1cc(C2CC2)nn1C. The quantitative estimate of drug-likeness (QED) is 0.757. The fraction of sp³-hybridized carbons (Fsp3) is 0.692. The van der Waals surface area contributed by atoms with E-state index in [1.54, 1.807) is 11.7 Å². The van der Waals surface area contributed by atoms with E-state index in [9.17, 15) is 9.90 Å². The van der Waals surface area contributed by atoms with Gasteiger partial charge in [0, 0.05) is 26.1 Å². The van der Waals surface area contributed by atoms with Crippen LogP contribution in [0.3, 0.4) is 0 Å². The van der Waals surface area contributed by atoms with Crippen LogP contribution in [0.2, 0.25) is 0 Å². The topological polar surface area (TPSA) is 70.4 Å². The Morgan fingerprint density at radius 1 is 1.63 bits per heavy atom. The molecule has 0 saturated heterocycles. The monoisotopic (exact) mass is 266 g/mol. The van der Waals surface area contributed by atoms with Crippen LogP contribution in [0.1, 0.15) is 34.9 Å². The third kappa shape index (κ3) is 3.78. The van der Waals surface area contributed by atoms with Gasteiger partial charge in [-0.05, 0) is 33.0 Å². The number of nitrogens with one attached hydrogen (secondary N) is 1. The Bertz CT molecular complexity index is 451. The van der Waals surface area contributed by atoms with Crippen LogP contribution in [0.5, 0.6) is 0 Å². The summed E-state index contributed by atoms with van der Waals surface area (Å²) in [5.41, 5.74) is 1.56. The van der Waals surface area contributed by atoms with E-state index in [4.69, 9.17) is 0 Å². The Morgan fingerprint density at radius 2 is 2.32 bits per heavy atom. The largest absolute Gasteiger partial charge is 0.390 e. The number of aromatic nitrogens is 2. The van der Waals surface area contributed by atoms with Crippen LogP contribution in [0.4, 0.5) is 0 Å². The molecule has 19 heavy (non-hydrogen) atoms. The normalized spacial score (nSPS) is 16.7. The number of hydrogen-bond donors (Lipinski definition) is 2. The van der Waals surface area contributed by atoms with Crippen molar-refractivity contribution in [3.05, 3.63) is 17.5 Å². The van der Waals surface area contributed by atoms with E-state index in [0.29, 0.717) is 18.2 Å². The summed E-state index contributed by atoms with van der Waals surface area (Å²) in [7, 11) is 5.54. The molecule has 2 rings (SSSR count). The van der Waals surface area contributed by atoms with Gasteiger partial charge in [-0.3, -0.25) is 9.48 Å². The molecule has 1 amide bonds. The minimum Gasteiger partial charge on any atom is -0.390 e. The molecule has 6 heteroatoms. The molecule has 1 aromatic rings. The molecule has 0 spiro atoms. The van der Waals surface area contributed by atoms with Gasteiger partial charge in [-0.2, -0.15) is 5.10 Å². The summed E-state index contributed by atoms with van der Waals surface area (Å²) in [4.78, 5) is 13.9. The third-order valence-electron chi connectivity index (χ3n) is 3.20. The Hall–Kier alpha value is -1.40. The van der Waals surface area contributed by atoms with E-state index < -0.39 is 6.10 Å². The molecule has 0 bridgehead atoms. The second-order valence-corrected chi connectivity index (χ2v) is 5.48. The van der Waals surface area contributed by atoms with Crippen LogP contribution in [0.25, 0.3) is 0 Å². The van der Waals surface area contributed by atoms with Crippen molar-refractivity contribution in [2.75, 3.05) is 27.2 Å². The van der Waals surface area contributed by atoms with Crippen molar-refractivity contribution in [3.63, 3.8) is 0 Å². The van der Waals surface area contributed by atoms with E-state index in [-0.39, 0.29) is 12.5 Å². The number of carbonyl (C=O) groups excluding carboxylic acids is 1. The first-order chi connectivity index (χ1) is 8.97. The minimum absolute atomic E-state index is 0.181. The molecule has 0 aliphatic heterocycles. The zero-order valence-electron chi connectivity index (χ0n) is 11.8. The summed E-state index contributed by atoms with van der Waals surface area (Å²) in [5, 5.41) is 16.8. The Kier molecular flexibility index (Phi) is 4.21. The summed E-state index contributed by atoms with van der Waals surface area (Å²) >= 11 is 0. The van der Waals surface area contributed by atoms with E-state index in [0.717, 1.165) is 5.69 Å². The lowest BCUT2D eigenvalue weighted by Gasteiger charge is -2.16.